The summed E-state index contributed by atoms with van der Waals surface area (Å²) in [7, 11) is 0. The van der Waals surface area contributed by atoms with Gasteiger partial charge in [0.15, 0.2) is 0 Å². The smallest absolute Gasteiger partial charge is 0.0778 e. The predicted molar refractivity (Wildman–Crippen MR) is 45.9 cm³/mol. The van der Waals surface area contributed by atoms with Gasteiger partial charge >= 0.3 is 0 Å². The molecule has 1 aromatic rings. The molecular formula is C9H14N2O. The van der Waals surface area contributed by atoms with Gasteiger partial charge in [-0.25, -0.2) is 0 Å². The first-order valence-corrected chi connectivity index (χ1v) is 4.47. The molecule has 1 aliphatic carbocycles. The molecule has 0 unspecified atom stereocenters. The van der Waals surface area contributed by atoms with Gasteiger partial charge in [-0.3, -0.25) is 4.68 Å². The van der Waals surface area contributed by atoms with Crippen molar-refractivity contribution in [3.8, 4) is 0 Å². The third-order valence-corrected chi connectivity index (χ3v) is 2.53. The van der Waals surface area contributed by atoms with Gasteiger partial charge in [0.2, 0.25) is 0 Å². The highest BCUT2D eigenvalue weighted by molar-refractivity contribution is 4.97. The molecule has 0 amide bonds. The Labute approximate surface area is 72.0 Å². The Morgan fingerprint density at radius 3 is 2.92 bits per heavy atom. The van der Waals surface area contributed by atoms with Crippen LogP contribution in [0.1, 0.15) is 31.0 Å². The lowest BCUT2D eigenvalue weighted by Crippen LogP contribution is -2.18. The second kappa shape index (κ2) is 2.90. The van der Waals surface area contributed by atoms with Crippen molar-refractivity contribution in [3.05, 3.63) is 18.0 Å². The minimum Gasteiger partial charge on any atom is -0.391 e. The van der Waals surface area contributed by atoms with Crippen LogP contribution >= 0.6 is 0 Å². The Bertz CT molecular complexity index is 269. The topological polar surface area (TPSA) is 38.0 Å². The third kappa shape index (κ3) is 1.25. The van der Waals surface area contributed by atoms with E-state index in [2.05, 4.69) is 5.10 Å². The van der Waals surface area contributed by atoms with E-state index in [4.69, 9.17) is 0 Å². The molecule has 0 radical (unpaired) electrons. The SMILES string of the molecule is Cc1ccn([C@@H]2CCC[C@H]2O)n1. The number of aromatic nitrogens is 2. The van der Waals surface area contributed by atoms with E-state index in [0.29, 0.717) is 0 Å². The van der Waals surface area contributed by atoms with Gasteiger partial charge < -0.3 is 5.11 Å². The van der Waals surface area contributed by atoms with E-state index in [9.17, 15) is 5.11 Å². The summed E-state index contributed by atoms with van der Waals surface area (Å²) in [6, 6.07) is 2.20. The van der Waals surface area contributed by atoms with E-state index >= 15 is 0 Å². The van der Waals surface area contributed by atoms with Crippen LogP contribution in [0.4, 0.5) is 0 Å². The van der Waals surface area contributed by atoms with Gasteiger partial charge in [-0.2, -0.15) is 5.10 Å². The molecule has 1 saturated carbocycles. The highest BCUT2D eigenvalue weighted by atomic mass is 16.3. The maximum Gasteiger partial charge on any atom is 0.0778 e. The van der Waals surface area contributed by atoms with Crippen LogP contribution in [-0.4, -0.2) is 21.0 Å². The first-order chi connectivity index (χ1) is 5.77. The second-order valence-electron chi connectivity index (χ2n) is 3.50. The number of aryl methyl sites for hydroxylation is 1. The van der Waals surface area contributed by atoms with Crippen molar-refractivity contribution >= 4 is 0 Å². The van der Waals surface area contributed by atoms with E-state index < -0.39 is 0 Å². The summed E-state index contributed by atoms with van der Waals surface area (Å²) in [5, 5.41) is 13.9. The van der Waals surface area contributed by atoms with Crippen molar-refractivity contribution in [2.45, 2.75) is 38.3 Å². The monoisotopic (exact) mass is 166 g/mol. The number of hydrogen-bond acceptors (Lipinski definition) is 2. The minimum atomic E-state index is -0.190. The fourth-order valence-corrected chi connectivity index (χ4v) is 1.85. The number of nitrogens with zero attached hydrogens (tertiary/aromatic N) is 2. The predicted octanol–water partition coefficient (Wildman–Crippen LogP) is 1.28. The van der Waals surface area contributed by atoms with Crippen molar-refractivity contribution in [3.63, 3.8) is 0 Å². The molecule has 0 aliphatic heterocycles. The molecule has 0 spiro atoms. The Morgan fingerprint density at radius 1 is 1.58 bits per heavy atom. The number of aliphatic hydroxyl groups excluding tert-OH is 1. The number of aliphatic hydroxyl groups is 1. The summed E-state index contributed by atoms with van der Waals surface area (Å²) in [6.07, 6.45) is 4.86. The zero-order chi connectivity index (χ0) is 8.55. The lowest BCUT2D eigenvalue weighted by Gasteiger charge is -2.14. The quantitative estimate of drug-likeness (QED) is 0.682. The van der Waals surface area contributed by atoms with Gasteiger partial charge in [-0.15, -0.1) is 0 Å². The van der Waals surface area contributed by atoms with Gasteiger partial charge in [0.05, 0.1) is 17.8 Å². The molecule has 2 rings (SSSR count). The molecule has 3 heteroatoms. The molecular weight excluding hydrogens is 152 g/mol. The van der Waals surface area contributed by atoms with Crippen LogP contribution in [0.3, 0.4) is 0 Å². The Hall–Kier alpha value is -0.830. The molecule has 2 atom stereocenters. The molecule has 1 aromatic heterocycles. The van der Waals surface area contributed by atoms with Crippen LogP contribution in [0.2, 0.25) is 0 Å². The van der Waals surface area contributed by atoms with Crippen LogP contribution in [0, 0.1) is 6.92 Å². The van der Waals surface area contributed by atoms with E-state index in [1.807, 2.05) is 23.9 Å². The normalized spacial score (nSPS) is 29.5. The molecule has 1 heterocycles. The van der Waals surface area contributed by atoms with E-state index in [1.54, 1.807) is 0 Å². The standard InChI is InChI=1S/C9H14N2O/c1-7-5-6-11(10-7)8-3-2-4-9(8)12/h5-6,8-9,12H,2-4H2,1H3/t8-,9-/m1/s1. The molecule has 0 bridgehead atoms. The van der Waals surface area contributed by atoms with Crippen molar-refractivity contribution in [2.75, 3.05) is 0 Å². The molecule has 3 nitrogen and oxygen atoms in total. The van der Waals surface area contributed by atoms with E-state index in [1.165, 1.54) is 0 Å². The van der Waals surface area contributed by atoms with E-state index in [-0.39, 0.29) is 12.1 Å². The van der Waals surface area contributed by atoms with Gasteiger partial charge in [-0.05, 0) is 32.3 Å². The third-order valence-electron chi connectivity index (χ3n) is 2.53. The number of hydrogen-bond donors (Lipinski definition) is 1. The lowest BCUT2D eigenvalue weighted by molar-refractivity contribution is 0.130. The Kier molecular flexibility index (Phi) is 1.89. The van der Waals surface area contributed by atoms with Crippen molar-refractivity contribution in [2.24, 2.45) is 0 Å². The van der Waals surface area contributed by atoms with Crippen LogP contribution in [0.15, 0.2) is 12.3 Å². The summed E-state index contributed by atoms with van der Waals surface area (Å²) >= 11 is 0. The van der Waals surface area contributed by atoms with Crippen LogP contribution in [-0.2, 0) is 0 Å². The van der Waals surface area contributed by atoms with Crippen molar-refractivity contribution in [1.29, 1.82) is 0 Å². The fourth-order valence-electron chi connectivity index (χ4n) is 1.85. The zero-order valence-corrected chi connectivity index (χ0v) is 7.27. The van der Waals surface area contributed by atoms with Gasteiger partial charge in [0.1, 0.15) is 0 Å². The highest BCUT2D eigenvalue weighted by Crippen LogP contribution is 2.29. The summed E-state index contributed by atoms with van der Waals surface area (Å²) in [6.45, 7) is 1.97. The molecule has 1 aliphatic rings. The average molecular weight is 166 g/mol. The lowest BCUT2D eigenvalue weighted by atomic mass is 10.2. The Balaban J connectivity index is 2.19. The summed E-state index contributed by atoms with van der Waals surface area (Å²) in [4.78, 5) is 0. The average Bonchev–Trinajstić information content (AvgIpc) is 2.58. The van der Waals surface area contributed by atoms with Crippen LogP contribution in [0.5, 0.6) is 0 Å². The maximum atomic E-state index is 9.59. The second-order valence-corrected chi connectivity index (χ2v) is 3.50. The van der Waals surface area contributed by atoms with Gasteiger partial charge in [0, 0.05) is 6.20 Å². The summed E-state index contributed by atoms with van der Waals surface area (Å²) in [5.74, 6) is 0. The molecule has 12 heavy (non-hydrogen) atoms. The van der Waals surface area contributed by atoms with Crippen LogP contribution in [0.25, 0.3) is 0 Å². The van der Waals surface area contributed by atoms with Crippen molar-refractivity contribution in [1.82, 2.24) is 9.78 Å². The molecule has 0 saturated heterocycles. The first kappa shape index (κ1) is 7.80. The summed E-state index contributed by atoms with van der Waals surface area (Å²) in [5.41, 5.74) is 1.02. The fraction of sp³-hybridized carbons (Fsp3) is 0.667. The van der Waals surface area contributed by atoms with Crippen molar-refractivity contribution < 1.29 is 5.11 Å². The summed E-state index contributed by atoms with van der Waals surface area (Å²) < 4.78 is 1.90. The molecule has 1 N–H and O–H groups in total. The Morgan fingerprint density at radius 2 is 2.42 bits per heavy atom. The van der Waals surface area contributed by atoms with Gasteiger partial charge in [0.25, 0.3) is 0 Å². The minimum absolute atomic E-state index is 0.190. The van der Waals surface area contributed by atoms with E-state index in [0.717, 1.165) is 25.0 Å². The highest BCUT2D eigenvalue weighted by Gasteiger charge is 2.26. The van der Waals surface area contributed by atoms with Gasteiger partial charge in [-0.1, -0.05) is 0 Å². The van der Waals surface area contributed by atoms with Crippen LogP contribution < -0.4 is 0 Å². The maximum absolute atomic E-state index is 9.59. The first-order valence-electron chi connectivity index (χ1n) is 4.47. The largest absolute Gasteiger partial charge is 0.391 e. The molecule has 1 fully saturated rings. The number of rotatable bonds is 1. The molecule has 66 valence electrons. The zero-order valence-electron chi connectivity index (χ0n) is 7.27. The molecule has 0 aromatic carbocycles.